The van der Waals surface area contributed by atoms with Crippen LogP contribution in [0.1, 0.15) is 5.56 Å². The summed E-state index contributed by atoms with van der Waals surface area (Å²) in [5.41, 5.74) is 4.94. The summed E-state index contributed by atoms with van der Waals surface area (Å²) in [5, 5.41) is 4.99. The van der Waals surface area contributed by atoms with Gasteiger partial charge in [-0.2, -0.15) is 0 Å². The van der Waals surface area contributed by atoms with Gasteiger partial charge in [0, 0.05) is 0 Å². The van der Waals surface area contributed by atoms with Crippen molar-refractivity contribution in [3.05, 3.63) is 42.0 Å². The molecule has 3 N–H and O–H groups in total. The zero-order valence-electron chi connectivity index (χ0n) is 7.01. The van der Waals surface area contributed by atoms with Crippen molar-refractivity contribution in [2.24, 2.45) is 10.9 Å². The van der Waals surface area contributed by atoms with E-state index in [9.17, 15) is 0 Å². The number of hydrazone groups is 1. The van der Waals surface area contributed by atoms with Gasteiger partial charge < -0.3 is 0 Å². The predicted molar refractivity (Wildman–Crippen MR) is 52.1 cm³/mol. The fraction of sp³-hybridized carbons (Fsp3) is 0. The van der Waals surface area contributed by atoms with Crippen molar-refractivity contribution >= 4 is 11.9 Å². The Balaban J connectivity index is 2.28. The topological polar surface area (TPSA) is 53.6 Å². The van der Waals surface area contributed by atoms with Crippen LogP contribution in [0.4, 0.5) is 0 Å². The number of hydrogen-bond acceptors (Lipinski definition) is 4. The van der Waals surface area contributed by atoms with Crippen molar-refractivity contribution in [2.75, 3.05) is 0 Å². The van der Waals surface area contributed by atoms with Gasteiger partial charge in [-0.05, 0) is 11.6 Å². The third-order valence-corrected chi connectivity index (χ3v) is 1.75. The van der Waals surface area contributed by atoms with Crippen LogP contribution in [0.25, 0.3) is 5.70 Å². The third-order valence-electron chi connectivity index (χ3n) is 1.75. The number of rotatable bonds is 1. The minimum Gasteiger partial charge on any atom is -0.267 e. The highest BCUT2D eigenvalue weighted by Crippen LogP contribution is 2.11. The molecule has 4 nitrogen and oxygen atoms in total. The van der Waals surface area contributed by atoms with Crippen molar-refractivity contribution in [2.45, 2.75) is 0 Å². The molecule has 2 rings (SSSR count). The molecule has 0 amide bonds. The van der Waals surface area contributed by atoms with E-state index in [4.69, 9.17) is 5.84 Å². The fourth-order valence-electron chi connectivity index (χ4n) is 1.15. The first-order valence-electron chi connectivity index (χ1n) is 3.97. The highest BCUT2D eigenvalue weighted by Gasteiger charge is 2.04. The minimum atomic E-state index is 0.943. The van der Waals surface area contributed by atoms with Crippen LogP contribution in [-0.2, 0) is 0 Å². The van der Waals surface area contributed by atoms with Crippen LogP contribution in [0.2, 0.25) is 0 Å². The molecular weight excluding hydrogens is 164 g/mol. The molecule has 13 heavy (non-hydrogen) atoms. The van der Waals surface area contributed by atoms with E-state index in [-0.39, 0.29) is 0 Å². The van der Waals surface area contributed by atoms with Crippen LogP contribution in [0.5, 0.6) is 0 Å². The van der Waals surface area contributed by atoms with Gasteiger partial charge in [0.2, 0.25) is 0 Å². The summed E-state index contributed by atoms with van der Waals surface area (Å²) < 4.78 is 0. The zero-order valence-corrected chi connectivity index (χ0v) is 7.01. The summed E-state index contributed by atoms with van der Waals surface area (Å²) in [6.45, 7) is 0. The molecule has 0 unspecified atom stereocenters. The third kappa shape index (κ3) is 1.68. The number of hydrogen-bond donors (Lipinski definition) is 2. The highest BCUT2D eigenvalue weighted by atomic mass is 15.8. The van der Waals surface area contributed by atoms with Crippen LogP contribution in [0.3, 0.4) is 0 Å². The summed E-state index contributed by atoms with van der Waals surface area (Å²) in [5.74, 6) is 5.45. The van der Waals surface area contributed by atoms with Crippen LogP contribution in [0, 0.1) is 0 Å². The molecule has 1 aliphatic rings. The lowest BCUT2D eigenvalue weighted by molar-refractivity contribution is 0.247. The van der Waals surface area contributed by atoms with Gasteiger partial charge >= 0.3 is 0 Å². The zero-order chi connectivity index (χ0) is 9.10. The van der Waals surface area contributed by atoms with Crippen molar-refractivity contribution in [1.82, 2.24) is 10.7 Å². The van der Waals surface area contributed by atoms with Crippen molar-refractivity contribution in [3.8, 4) is 0 Å². The summed E-state index contributed by atoms with van der Waals surface area (Å²) in [6, 6.07) is 9.94. The molecule has 66 valence electrons. The number of benzene rings is 1. The molecule has 1 aliphatic heterocycles. The Kier molecular flexibility index (Phi) is 1.97. The average Bonchev–Trinajstić information content (AvgIpc) is 2.19. The highest BCUT2D eigenvalue weighted by molar-refractivity contribution is 5.84. The molecule has 0 radical (unpaired) electrons. The first-order valence-corrected chi connectivity index (χ1v) is 3.97. The lowest BCUT2D eigenvalue weighted by Crippen LogP contribution is -2.39. The largest absolute Gasteiger partial charge is 0.267 e. The van der Waals surface area contributed by atoms with Crippen LogP contribution in [0.15, 0.2) is 41.5 Å². The second-order valence-electron chi connectivity index (χ2n) is 2.67. The Bertz CT molecular complexity index is 342. The van der Waals surface area contributed by atoms with Gasteiger partial charge in [0.25, 0.3) is 0 Å². The standard InChI is InChI=1S/C9H10N4/c10-13-11-7-6-9(12-13)8-4-2-1-3-5-8/h1-7,12H,10H2. The Labute approximate surface area is 76.3 Å². The average molecular weight is 174 g/mol. The normalized spacial score (nSPS) is 15.2. The molecule has 0 spiro atoms. The quantitative estimate of drug-likeness (QED) is 0.616. The van der Waals surface area contributed by atoms with Crippen LogP contribution in [-0.4, -0.2) is 11.4 Å². The molecular formula is C9H10N4. The second kappa shape index (κ2) is 3.28. The molecule has 4 heteroatoms. The lowest BCUT2D eigenvalue weighted by atomic mass is 10.1. The number of hydrazine groups is 2. The van der Waals surface area contributed by atoms with Gasteiger partial charge in [-0.25, -0.2) is 5.84 Å². The van der Waals surface area contributed by atoms with Gasteiger partial charge in [0.15, 0.2) is 0 Å². The van der Waals surface area contributed by atoms with Gasteiger partial charge in [0.05, 0.1) is 11.9 Å². The van der Waals surface area contributed by atoms with E-state index in [0.717, 1.165) is 11.3 Å². The lowest BCUT2D eigenvalue weighted by Gasteiger charge is -2.19. The van der Waals surface area contributed by atoms with E-state index < -0.39 is 0 Å². The molecule has 0 aromatic heterocycles. The Morgan fingerprint density at radius 1 is 1.23 bits per heavy atom. The second-order valence-corrected chi connectivity index (χ2v) is 2.67. The van der Waals surface area contributed by atoms with E-state index >= 15 is 0 Å². The molecule has 0 fully saturated rings. The minimum absolute atomic E-state index is 0.943. The summed E-state index contributed by atoms with van der Waals surface area (Å²) >= 11 is 0. The fourth-order valence-corrected chi connectivity index (χ4v) is 1.15. The van der Waals surface area contributed by atoms with Gasteiger partial charge in [-0.3, -0.25) is 5.43 Å². The summed E-state index contributed by atoms with van der Waals surface area (Å²) in [4.78, 5) is 0. The number of nitrogens with two attached hydrogens (primary N) is 1. The summed E-state index contributed by atoms with van der Waals surface area (Å²) in [6.07, 6.45) is 3.53. The first kappa shape index (κ1) is 7.82. The van der Waals surface area contributed by atoms with Gasteiger partial charge in [0.1, 0.15) is 0 Å². The van der Waals surface area contributed by atoms with E-state index in [1.165, 1.54) is 5.23 Å². The smallest absolute Gasteiger partial charge is 0.0661 e. The Morgan fingerprint density at radius 3 is 2.69 bits per heavy atom. The van der Waals surface area contributed by atoms with E-state index in [0.29, 0.717) is 0 Å². The van der Waals surface area contributed by atoms with Gasteiger partial charge in [-0.1, -0.05) is 30.3 Å². The molecule has 1 heterocycles. The molecule has 0 aliphatic carbocycles. The van der Waals surface area contributed by atoms with E-state index in [2.05, 4.69) is 10.5 Å². The molecule has 0 saturated heterocycles. The van der Waals surface area contributed by atoms with Crippen LogP contribution >= 0.6 is 0 Å². The van der Waals surface area contributed by atoms with Gasteiger partial charge in [-0.15, -0.1) is 10.3 Å². The molecule has 1 aromatic carbocycles. The number of nitrogens with one attached hydrogen (secondary N) is 1. The maximum Gasteiger partial charge on any atom is 0.0661 e. The first-order chi connectivity index (χ1) is 6.36. The molecule has 1 aromatic rings. The van der Waals surface area contributed by atoms with Crippen LogP contribution < -0.4 is 11.3 Å². The monoisotopic (exact) mass is 174 g/mol. The predicted octanol–water partition coefficient (Wildman–Crippen LogP) is 0.707. The molecule has 0 saturated carbocycles. The number of allylic oxidation sites excluding steroid dienone is 1. The van der Waals surface area contributed by atoms with Crippen molar-refractivity contribution < 1.29 is 0 Å². The Morgan fingerprint density at radius 2 is 2.00 bits per heavy atom. The van der Waals surface area contributed by atoms with Crippen molar-refractivity contribution in [1.29, 1.82) is 0 Å². The molecule has 0 bridgehead atoms. The van der Waals surface area contributed by atoms with Crippen molar-refractivity contribution in [3.63, 3.8) is 0 Å². The Hall–Kier alpha value is -1.81. The number of nitrogens with zero attached hydrogens (tertiary/aromatic N) is 2. The molecule has 0 atom stereocenters. The van der Waals surface area contributed by atoms with E-state index in [1.54, 1.807) is 6.21 Å². The maximum atomic E-state index is 5.45. The maximum absolute atomic E-state index is 5.45. The summed E-state index contributed by atoms with van der Waals surface area (Å²) in [7, 11) is 0. The SMILES string of the molecule is NN1N=CC=C(c2ccccc2)N1. The van der Waals surface area contributed by atoms with E-state index in [1.807, 2.05) is 36.4 Å².